The van der Waals surface area contributed by atoms with Crippen LogP contribution in [0.2, 0.25) is 0 Å². The molecule has 0 saturated carbocycles. The van der Waals surface area contributed by atoms with Gasteiger partial charge in [0.25, 0.3) is 0 Å². The lowest BCUT2D eigenvalue weighted by molar-refractivity contribution is 0.285. The summed E-state index contributed by atoms with van der Waals surface area (Å²) in [5.74, 6) is 1.55. The van der Waals surface area contributed by atoms with Crippen LogP contribution >= 0.6 is 22.7 Å². The Hall–Kier alpha value is -2.81. The van der Waals surface area contributed by atoms with E-state index in [1.54, 1.807) is 31.0 Å². The number of aliphatic hydroxyl groups excluding tert-OH is 1. The van der Waals surface area contributed by atoms with Gasteiger partial charge in [-0.3, -0.25) is 5.43 Å². The molecule has 0 unspecified atom stereocenters. The summed E-state index contributed by atoms with van der Waals surface area (Å²) in [6.07, 6.45) is 4.07. The van der Waals surface area contributed by atoms with Gasteiger partial charge in [-0.15, -0.1) is 22.7 Å². The van der Waals surface area contributed by atoms with Crippen molar-refractivity contribution in [3.8, 4) is 5.75 Å². The van der Waals surface area contributed by atoms with E-state index in [-0.39, 0.29) is 6.61 Å². The molecule has 0 aliphatic rings. The van der Waals surface area contributed by atoms with Gasteiger partial charge in [0.15, 0.2) is 5.82 Å². The first-order valence-corrected chi connectivity index (χ1v) is 10.7. The van der Waals surface area contributed by atoms with Crippen LogP contribution in [-0.2, 0) is 13.0 Å². The number of rotatable bonds is 7. The predicted octanol–water partition coefficient (Wildman–Crippen LogP) is 4.60. The molecule has 0 bridgehead atoms. The van der Waals surface area contributed by atoms with Gasteiger partial charge in [0.1, 0.15) is 16.9 Å². The standard InChI is InChI=1S/C21H20N4O2S2/c1-13-7-16(11-26)28-19(13)10-24-25-20-17-9-15(29-21(17)23-12-22-20)8-14-5-3-4-6-18(14)27-2/h3-7,9-10,12,26H,8,11H2,1-2H3,(H,22,23,25). The van der Waals surface area contributed by atoms with Crippen molar-refractivity contribution in [1.29, 1.82) is 0 Å². The number of hydrogen-bond acceptors (Lipinski definition) is 8. The van der Waals surface area contributed by atoms with Crippen molar-refractivity contribution < 1.29 is 9.84 Å². The van der Waals surface area contributed by atoms with E-state index in [4.69, 9.17) is 4.74 Å². The Morgan fingerprint density at radius 2 is 2.03 bits per heavy atom. The predicted molar refractivity (Wildman–Crippen MR) is 119 cm³/mol. The molecule has 0 spiro atoms. The molecule has 0 saturated heterocycles. The molecule has 0 atom stereocenters. The molecule has 3 aromatic heterocycles. The molecule has 29 heavy (non-hydrogen) atoms. The minimum atomic E-state index is 0.0448. The second-order valence-corrected chi connectivity index (χ2v) is 8.71. The number of aromatic nitrogens is 2. The van der Waals surface area contributed by atoms with E-state index >= 15 is 0 Å². The molecule has 8 heteroatoms. The smallest absolute Gasteiger partial charge is 0.158 e. The third kappa shape index (κ3) is 4.29. The third-order valence-corrected chi connectivity index (χ3v) is 6.65. The van der Waals surface area contributed by atoms with Gasteiger partial charge in [-0.1, -0.05) is 18.2 Å². The SMILES string of the molecule is COc1ccccc1Cc1cc2c(NN=Cc3sc(CO)cc3C)ncnc2s1. The zero-order valence-electron chi connectivity index (χ0n) is 16.0. The molecule has 3 heterocycles. The van der Waals surface area contributed by atoms with Crippen molar-refractivity contribution in [2.24, 2.45) is 5.10 Å². The second kappa shape index (κ2) is 8.69. The van der Waals surface area contributed by atoms with Crippen LogP contribution in [0.25, 0.3) is 10.2 Å². The molecule has 4 rings (SSSR count). The first-order valence-electron chi connectivity index (χ1n) is 9.02. The number of hydrogen-bond donors (Lipinski definition) is 2. The number of anilines is 1. The number of hydrazone groups is 1. The molecule has 0 fully saturated rings. The van der Waals surface area contributed by atoms with Gasteiger partial charge in [0.2, 0.25) is 0 Å². The normalized spacial score (nSPS) is 11.4. The summed E-state index contributed by atoms with van der Waals surface area (Å²) in [4.78, 5) is 12.8. The van der Waals surface area contributed by atoms with Crippen LogP contribution in [-0.4, -0.2) is 28.4 Å². The van der Waals surface area contributed by atoms with Crippen molar-refractivity contribution in [2.75, 3.05) is 12.5 Å². The number of fused-ring (bicyclic) bond motifs is 1. The molecule has 2 N–H and O–H groups in total. The van der Waals surface area contributed by atoms with E-state index in [9.17, 15) is 5.11 Å². The average Bonchev–Trinajstić information content (AvgIpc) is 3.31. The van der Waals surface area contributed by atoms with E-state index in [1.165, 1.54) is 16.2 Å². The zero-order valence-corrected chi connectivity index (χ0v) is 17.7. The summed E-state index contributed by atoms with van der Waals surface area (Å²) in [5, 5.41) is 14.5. The Kier molecular flexibility index (Phi) is 5.84. The molecule has 0 radical (unpaired) electrons. The highest BCUT2D eigenvalue weighted by Gasteiger charge is 2.11. The fraction of sp³-hybridized carbons (Fsp3) is 0.190. The Labute approximate surface area is 176 Å². The summed E-state index contributed by atoms with van der Waals surface area (Å²) >= 11 is 3.17. The molecule has 6 nitrogen and oxygen atoms in total. The number of nitrogens with one attached hydrogen (secondary N) is 1. The van der Waals surface area contributed by atoms with Gasteiger partial charge in [-0.2, -0.15) is 5.10 Å². The fourth-order valence-corrected chi connectivity index (χ4v) is 4.97. The van der Waals surface area contributed by atoms with Gasteiger partial charge in [-0.05, 0) is 36.2 Å². The van der Waals surface area contributed by atoms with Gasteiger partial charge in [0, 0.05) is 16.2 Å². The molecule has 0 aliphatic heterocycles. The summed E-state index contributed by atoms with van der Waals surface area (Å²) in [5.41, 5.74) is 5.26. The average molecular weight is 425 g/mol. The largest absolute Gasteiger partial charge is 0.496 e. The number of aryl methyl sites for hydroxylation is 1. The Morgan fingerprint density at radius 1 is 1.17 bits per heavy atom. The molecule has 1 aromatic carbocycles. The van der Waals surface area contributed by atoms with E-state index in [0.29, 0.717) is 5.82 Å². The topological polar surface area (TPSA) is 79.6 Å². The van der Waals surface area contributed by atoms with Gasteiger partial charge in [-0.25, -0.2) is 9.97 Å². The summed E-state index contributed by atoms with van der Waals surface area (Å²) < 4.78 is 5.46. The number of thiophene rings is 2. The van der Waals surface area contributed by atoms with Crippen LogP contribution in [0.15, 0.2) is 47.8 Å². The Morgan fingerprint density at radius 3 is 2.83 bits per heavy atom. The monoisotopic (exact) mass is 424 g/mol. The zero-order chi connectivity index (χ0) is 20.2. The van der Waals surface area contributed by atoms with Crippen LogP contribution in [0.1, 0.15) is 25.8 Å². The van der Waals surface area contributed by atoms with E-state index < -0.39 is 0 Å². The number of ether oxygens (including phenoxy) is 1. The maximum Gasteiger partial charge on any atom is 0.158 e. The highest BCUT2D eigenvalue weighted by atomic mass is 32.1. The molecule has 0 amide bonds. The lowest BCUT2D eigenvalue weighted by atomic mass is 10.1. The lowest BCUT2D eigenvalue weighted by Gasteiger charge is -2.06. The van der Waals surface area contributed by atoms with Crippen molar-refractivity contribution in [3.63, 3.8) is 0 Å². The third-order valence-electron chi connectivity index (χ3n) is 4.45. The van der Waals surface area contributed by atoms with E-state index in [2.05, 4.69) is 32.6 Å². The maximum atomic E-state index is 9.26. The molecule has 4 aromatic rings. The van der Waals surface area contributed by atoms with Crippen molar-refractivity contribution in [1.82, 2.24) is 9.97 Å². The van der Waals surface area contributed by atoms with Gasteiger partial charge in [0.05, 0.1) is 30.2 Å². The molecular formula is C21H20N4O2S2. The molecule has 0 aliphatic carbocycles. The van der Waals surface area contributed by atoms with Gasteiger partial charge < -0.3 is 9.84 Å². The van der Waals surface area contributed by atoms with Gasteiger partial charge >= 0.3 is 0 Å². The van der Waals surface area contributed by atoms with Crippen LogP contribution in [0.4, 0.5) is 5.82 Å². The minimum absolute atomic E-state index is 0.0448. The number of para-hydroxylation sites is 1. The summed E-state index contributed by atoms with van der Waals surface area (Å²) in [7, 11) is 1.69. The minimum Gasteiger partial charge on any atom is -0.496 e. The van der Waals surface area contributed by atoms with Crippen molar-refractivity contribution in [3.05, 3.63) is 68.5 Å². The lowest BCUT2D eigenvalue weighted by Crippen LogP contribution is -1.94. The second-order valence-electron chi connectivity index (χ2n) is 6.43. The first kappa shape index (κ1) is 19.5. The summed E-state index contributed by atoms with van der Waals surface area (Å²) in [6, 6.07) is 12.1. The first-order chi connectivity index (χ1) is 14.2. The highest BCUT2D eigenvalue weighted by molar-refractivity contribution is 7.18. The van der Waals surface area contributed by atoms with E-state index in [1.807, 2.05) is 31.2 Å². The van der Waals surface area contributed by atoms with Crippen molar-refractivity contribution in [2.45, 2.75) is 20.0 Å². The summed E-state index contributed by atoms with van der Waals surface area (Å²) in [6.45, 7) is 2.05. The Bertz CT molecular complexity index is 1170. The fourth-order valence-electron chi connectivity index (χ4n) is 3.04. The van der Waals surface area contributed by atoms with Crippen LogP contribution in [0.5, 0.6) is 5.75 Å². The number of benzene rings is 1. The quantitative estimate of drug-likeness (QED) is 0.335. The van der Waals surface area contributed by atoms with Crippen LogP contribution in [0.3, 0.4) is 0 Å². The van der Waals surface area contributed by atoms with Crippen LogP contribution < -0.4 is 10.2 Å². The molecular weight excluding hydrogens is 404 g/mol. The maximum absolute atomic E-state index is 9.26. The number of nitrogens with zero attached hydrogens (tertiary/aromatic N) is 3. The number of methoxy groups -OCH3 is 1. The van der Waals surface area contributed by atoms with E-state index in [0.717, 1.165) is 43.3 Å². The molecule has 148 valence electrons. The van der Waals surface area contributed by atoms with Crippen LogP contribution in [0, 0.1) is 6.92 Å². The number of aliphatic hydroxyl groups is 1. The van der Waals surface area contributed by atoms with Crippen molar-refractivity contribution >= 4 is 44.9 Å². The Balaban J connectivity index is 1.56. The highest BCUT2D eigenvalue weighted by Crippen LogP contribution is 2.31.